The van der Waals surface area contributed by atoms with Crippen LogP contribution < -0.4 is 0 Å². The molecule has 2 aromatic heterocycles. The summed E-state index contributed by atoms with van der Waals surface area (Å²) < 4.78 is 0. The van der Waals surface area contributed by atoms with Gasteiger partial charge in [0.2, 0.25) is 0 Å². The van der Waals surface area contributed by atoms with Gasteiger partial charge in [0.15, 0.2) is 5.82 Å². The van der Waals surface area contributed by atoms with E-state index in [0.717, 1.165) is 22.2 Å². The lowest BCUT2D eigenvalue weighted by Crippen LogP contribution is -1.93. The van der Waals surface area contributed by atoms with Crippen LogP contribution in [0.3, 0.4) is 0 Å². The Kier molecular flexibility index (Phi) is 2.03. The van der Waals surface area contributed by atoms with Gasteiger partial charge in [-0.15, -0.1) is 11.3 Å². The standard InChI is InChI=1S/C10H8N2S2/c1-2-9(14-3-1)10-11-4-7-5-13-6-8(7)12-10/h1-4H,5-6H2. The van der Waals surface area contributed by atoms with E-state index in [2.05, 4.69) is 21.4 Å². The third-order valence-corrected chi connectivity index (χ3v) is 4.05. The van der Waals surface area contributed by atoms with Gasteiger partial charge in [-0.3, -0.25) is 0 Å². The molecule has 2 aromatic rings. The fourth-order valence-corrected chi connectivity index (χ4v) is 3.14. The van der Waals surface area contributed by atoms with Crippen molar-refractivity contribution in [3.8, 4) is 10.7 Å². The molecule has 1 aliphatic heterocycles. The first-order chi connectivity index (χ1) is 6.93. The minimum absolute atomic E-state index is 0.876. The molecule has 70 valence electrons. The van der Waals surface area contributed by atoms with Crippen LogP contribution in [0.15, 0.2) is 23.7 Å². The normalized spacial score (nSPS) is 14.3. The summed E-state index contributed by atoms with van der Waals surface area (Å²) >= 11 is 3.60. The SMILES string of the molecule is c1csc(-c2ncc3c(n2)CSC3)c1. The van der Waals surface area contributed by atoms with E-state index in [0.29, 0.717) is 0 Å². The van der Waals surface area contributed by atoms with Crippen molar-refractivity contribution in [1.82, 2.24) is 9.97 Å². The Morgan fingerprint density at radius 2 is 2.29 bits per heavy atom. The summed E-state index contributed by atoms with van der Waals surface area (Å²) in [5, 5.41) is 2.06. The van der Waals surface area contributed by atoms with Crippen molar-refractivity contribution < 1.29 is 0 Å². The van der Waals surface area contributed by atoms with Gasteiger partial charge in [0.25, 0.3) is 0 Å². The molecule has 0 aromatic carbocycles. The second kappa shape index (κ2) is 3.37. The maximum atomic E-state index is 4.57. The number of rotatable bonds is 1. The highest BCUT2D eigenvalue weighted by Gasteiger charge is 2.14. The van der Waals surface area contributed by atoms with Crippen LogP contribution in [0, 0.1) is 0 Å². The Labute approximate surface area is 90.4 Å². The number of thioether (sulfide) groups is 1. The van der Waals surface area contributed by atoms with Crippen LogP contribution in [0.2, 0.25) is 0 Å². The Morgan fingerprint density at radius 3 is 3.14 bits per heavy atom. The number of fused-ring (bicyclic) bond motifs is 1. The fourth-order valence-electron chi connectivity index (χ4n) is 1.47. The maximum Gasteiger partial charge on any atom is 0.169 e. The predicted octanol–water partition coefficient (Wildman–Crippen LogP) is 2.95. The summed E-state index contributed by atoms with van der Waals surface area (Å²) in [6, 6.07) is 4.10. The number of hydrogen-bond acceptors (Lipinski definition) is 4. The Hall–Kier alpha value is -0.870. The number of aromatic nitrogens is 2. The van der Waals surface area contributed by atoms with Crippen molar-refractivity contribution in [2.45, 2.75) is 11.5 Å². The topological polar surface area (TPSA) is 25.8 Å². The average Bonchev–Trinajstić information content (AvgIpc) is 2.88. The Bertz CT molecular complexity index is 451. The molecule has 0 saturated heterocycles. The van der Waals surface area contributed by atoms with Gasteiger partial charge in [0.1, 0.15) is 0 Å². The van der Waals surface area contributed by atoms with Crippen LogP contribution in [-0.2, 0) is 11.5 Å². The Morgan fingerprint density at radius 1 is 1.29 bits per heavy atom. The number of nitrogens with zero attached hydrogens (tertiary/aromatic N) is 2. The highest BCUT2D eigenvalue weighted by molar-refractivity contribution is 7.98. The van der Waals surface area contributed by atoms with Gasteiger partial charge in [-0.05, 0) is 11.4 Å². The van der Waals surface area contributed by atoms with Crippen LogP contribution in [0.5, 0.6) is 0 Å². The first-order valence-electron chi connectivity index (χ1n) is 4.40. The highest BCUT2D eigenvalue weighted by Crippen LogP contribution is 2.30. The second-order valence-corrected chi connectivity index (χ2v) is 5.07. The van der Waals surface area contributed by atoms with Gasteiger partial charge in [-0.2, -0.15) is 11.8 Å². The van der Waals surface area contributed by atoms with Crippen LogP contribution >= 0.6 is 23.1 Å². The monoisotopic (exact) mass is 220 g/mol. The number of thiophene rings is 1. The van der Waals surface area contributed by atoms with Crippen LogP contribution in [0.4, 0.5) is 0 Å². The Balaban J connectivity index is 2.09. The van der Waals surface area contributed by atoms with Gasteiger partial charge < -0.3 is 0 Å². The van der Waals surface area contributed by atoms with Gasteiger partial charge in [0, 0.05) is 23.3 Å². The summed E-state index contributed by atoms with van der Waals surface area (Å²) in [6.07, 6.45) is 1.97. The largest absolute Gasteiger partial charge is 0.236 e. The van der Waals surface area contributed by atoms with Gasteiger partial charge >= 0.3 is 0 Å². The van der Waals surface area contributed by atoms with E-state index in [1.807, 2.05) is 24.0 Å². The lowest BCUT2D eigenvalue weighted by Gasteiger charge is -1.99. The van der Waals surface area contributed by atoms with Gasteiger partial charge in [0.05, 0.1) is 10.6 Å². The second-order valence-electron chi connectivity index (χ2n) is 3.14. The average molecular weight is 220 g/mol. The molecule has 14 heavy (non-hydrogen) atoms. The summed E-state index contributed by atoms with van der Waals surface area (Å²) in [6.45, 7) is 0. The smallest absolute Gasteiger partial charge is 0.169 e. The predicted molar refractivity (Wildman–Crippen MR) is 60.3 cm³/mol. The molecule has 0 fully saturated rings. The third kappa shape index (κ3) is 1.35. The molecule has 0 unspecified atom stereocenters. The lowest BCUT2D eigenvalue weighted by atomic mass is 10.3. The van der Waals surface area contributed by atoms with E-state index in [9.17, 15) is 0 Å². The molecule has 0 spiro atoms. The summed E-state index contributed by atoms with van der Waals surface area (Å²) in [7, 11) is 0. The minimum atomic E-state index is 0.876. The van der Waals surface area contributed by atoms with Crippen molar-refractivity contribution in [3.05, 3.63) is 35.0 Å². The molecular formula is C10H8N2S2. The zero-order chi connectivity index (χ0) is 9.38. The first kappa shape index (κ1) is 8.44. The number of hydrogen-bond donors (Lipinski definition) is 0. The lowest BCUT2D eigenvalue weighted by molar-refractivity contribution is 1.08. The summed E-state index contributed by atoms with van der Waals surface area (Å²) in [4.78, 5) is 10.1. The van der Waals surface area contributed by atoms with Crippen molar-refractivity contribution in [2.75, 3.05) is 0 Å². The molecule has 2 nitrogen and oxygen atoms in total. The highest BCUT2D eigenvalue weighted by atomic mass is 32.2. The zero-order valence-electron chi connectivity index (χ0n) is 7.43. The first-order valence-corrected chi connectivity index (χ1v) is 6.43. The zero-order valence-corrected chi connectivity index (χ0v) is 9.07. The molecule has 3 rings (SSSR count). The third-order valence-electron chi connectivity index (χ3n) is 2.19. The molecule has 1 aliphatic rings. The molecule has 3 heterocycles. The van der Waals surface area contributed by atoms with Crippen molar-refractivity contribution >= 4 is 23.1 Å². The van der Waals surface area contributed by atoms with Crippen molar-refractivity contribution in [2.24, 2.45) is 0 Å². The van der Waals surface area contributed by atoms with Gasteiger partial charge in [-0.25, -0.2) is 9.97 Å². The van der Waals surface area contributed by atoms with E-state index in [-0.39, 0.29) is 0 Å². The van der Waals surface area contributed by atoms with E-state index >= 15 is 0 Å². The van der Waals surface area contributed by atoms with E-state index in [4.69, 9.17) is 0 Å². The maximum absolute atomic E-state index is 4.57. The molecule has 0 N–H and O–H groups in total. The molecule has 0 radical (unpaired) electrons. The summed E-state index contributed by atoms with van der Waals surface area (Å²) in [5.74, 6) is 2.98. The molecule has 0 bridgehead atoms. The van der Waals surface area contributed by atoms with Crippen molar-refractivity contribution in [3.63, 3.8) is 0 Å². The molecule has 0 amide bonds. The van der Waals surface area contributed by atoms with E-state index in [1.54, 1.807) is 11.3 Å². The summed E-state index contributed by atoms with van der Waals surface area (Å²) in [5.41, 5.74) is 2.52. The quantitative estimate of drug-likeness (QED) is 0.739. The molecular weight excluding hydrogens is 212 g/mol. The van der Waals surface area contributed by atoms with Crippen LogP contribution in [0.1, 0.15) is 11.3 Å². The van der Waals surface area contributed by atoms with E-state index in [1.165, 1.54) is 11.3 Å². The molecule has 0 aliphatic carbocycles. The van der Waals surface area contributed by atoms with Crippen LogP contribution in [0.25, 0.3) is 10.7 Å². The van der Waals surface area contributed by atoms with Gasteiger partial charge in [-0.1, -0.05) is 6.07 Å². The fraction of sp³-hybridized carbons (Fsp3) is 0.200. The molecule has 0 atom stereocenters. The molecule has 4 heteroatoms. The molecule has 0 saturated carbocycles. The van der Waals surface area contributed by atoms with E-state index < -0.39 is 0 Å². The van der Waals surface area contributed by atoms with Crippen LogP contribution in [-0.4, -0.2) is 9.97 Å². The van der Waals surface area contributed by atoms with Crippen molar-refractivity contribution in [1.29, 1.82) is 0 Å². The minimum Gasteiger partial charge on any atom is -0.236 e.